The Morgan fingerprint density at radius 2 is 1.68 bits per heavy atom. The summed E-state index contributed by atoms with van der Waals surface area (Å²) in [7, 11) is 1.60. The Balaban J connectivity index is 2.87. The van der Waals surface area contributed by atoms with Crippen molar-refractivity contribution in [3.8, 4) is 0 Å². The van der Waals surface area contributed by atoms with E-state index in [9.17, 15) is 18.5 Å². The van der Waals surface area contributed by atoms with E-state index >= 15 is 0 Å². The molecule has 0 aliphatic heterocycles. The standard InChI is InChI=1S/C11H17N3O4S/c1-12(2)8-9-19(17,18)13(3)10-4-6-11(7-5-10)14(15)16/h4-7H,8-9H2,1-3H3. The van der Waals surface area contributed by atoms with Crippen molar-refractivity contribution < 1.29 is 13.3 Å². The van der Waals surface area contributed by atoms with Gasteiger partial charge in [-0.2, -0.15) is 0 Å². The maximum absolute atomic E-state index is 12.0. The highest BCUT2D eigenvalue weighted by Crippen LogP contribution is 2.20. The van der Waals surface area contributed by atoms with E-state index in [0.717, 1.165) is 4.31 Å². The molecule has 0 saturated heterocycles. The number of nitrogens with zero attached hydrogens (tertiary/aromatic N) is 3. The van der Waals surface area contributed by atoms with Gasteiger partial charge >= 0.3 is 0 Å². The molecule has 1 rings (SSSR count). The van der Waals surface area contributed by atoms with Crippen LogP contribution in [0.25, 0.3) is 0 Å². The van der Waals surface area contributed by atoms with Gasteiger partial charge in [-0.25, -0.2) is 8.42 Å². The third-order valence-corrected chi connectivity index (χ3v) is 4.38. The summed E-state index contributed by atoms with van der Waals surface area (Å²) >= 11 is 0. The van der Waals surface area contributed by atoms with Crippen LogP contribution in [-0.2, 0) is 10.0 Å². The second-order valence-corrected chi connectivity index (χ2v) is 6.48. The molecule has 0 saturated carbocycles. The second-order valence-electron chi connectivity index (χ2n) is 4.36. The number of sulfonamides is 1. The fraction of sp³-hybridized carbons (Fsp3) is 0.455. The molecule has 0 bridgehead atoms. The molecular formula is C11H17N3O4S. The molecule has 0 fully saturated rings. The van der Waals surface area contributed by atoms with Gasteiger partial charge in [-0.3, -0.25) is 14.4 Å². The predicted octanol–water partition coefficient (Wildman–Crippen LogP) is 0.922. The number of hydrogen-bond acceptors (Lipinski definition) is 5. The minimum Gasteiger partial charge on any atom is -0.308 e. The third-order valence-electron chi connectivity index (χ3n) is 2.64. The van der Waals surface area contributed by atoms with Gasteiger partial charge in [-0.15, -0.1) is 0 Å². The lowest BCUT2D eigenvalue weighted by molar-refractivity contribution is -0.384. The molecule has 0 heterocycles. The number of rotatable bonds is 6. The van der Waals surface area contributed by atoms with Crippen LogP contribution in [0, 0.1) is 10.1 Å². The van der Waals surface area contributed by atoms with Gasteiger partial charge in [0.05, 0.1) is 16.4 Å². The second kappa shape index (κ2) is 5.98. The van der Waals surface area contributed by atoms with Gasteiger partial charge in [-0.1, -0.05) is 0 Å². The van der Waals surface area contributed by atoms with Crippen LogP contribution < -0.4 is 4.31 Å². The maximum Gasteiger partial charge on any atom is 0.269 e. The fourth-order valence-electron chi connectivity index (χ4n) is 1.38. The van der Waals surface area contributed by atoms with Crippen molar-refractivity contribution in [2.75, 3.05) is 37.7 Å². The molecule has 106 valence electrons. The average Bonchev–Trinajstić information content (AvgIpc) is 2.35. The van der Waals surface area contributed by atoms with E-state index in [0.29, 0.717) is 12.2 Å². The molecular weight excluding hydrogens is 270 g/mol. The number of nitro benzene ring substituents is 1. The molecule has 0 amide bonds. The van der Waals surface area contributed by atoms with E-state index in [1.807, 2.05) is 0 Å². The van der Waals surface area contributed by atoms with Gasteiger partial charge in [0.15, 0.2) is 0 Å². The lowest BCUT2D eigenvalue weighted by Gasteiger charge is -2.20. The van der Waals surface area contributed by atoms with Crippen molar-refractivity contribution in [2.24, 2.45) is 0 Å². The van der Waals surface area contributed by atoms with Crippen LogP contribution in [0.3, 0.4) is 0 Å². The third kappa shape index (κ3) is 4.18. The molecule has 1 aromatic carbocycles. The lowest BCUT2D eigenvalue weighted by Crippen LogP contribution is -2.33. The summed E-state index contributed by atoms with van der Waals surface area (Å²) in [6.07, 6.45) is 0. The van der Waals surface area contributed by atoms with Crippen molar-refractivity contribution in [1.29, 1.82) is 0 Å². The molecule has 1 aromatic rings. The van der Waals surface area contributed by atoms with Gasteiger partial charge in [0.2, 0.25) is 10.0 Å². The molecule has 0 spiro atoms. The van der Waals surface area contributed by atoms with Crippen LogP contribution >= 0.6 is 0 Å². The SMILES string of the molecule is CN(C)CCS(=O)(=O)N(C)c1ccc([N+](=O)[O-])cc1. The van der Waals surface area contributed by atoms with E-state index in [1.54, 1.807) is 19.0 Å². The summed E-state index contributed by atoms with van der Waals surface area (Å²) in [4.78, 5) is 11.8. The summed E-state index contributed by atoms with van der Waals surface area (Å²) in [5.74, 6) is -0.00646. The Kier molecular flexibility index (Phi) is 4.84. The van der Waals surface area contributed by atoms with E-state index < -0.39 is 14.9 Å². The quantitative estimate of drug-likeness (QED) is 0.574. The van der Waals surface area contributed by atoms with Crippen LogP contribution in [-0.4, -0.2) is 51.7 Å². The molecule has 0 aliphatic rings. The summed E-state index contributed by atoms with van der Waals surface area (Å²) in [5, 5.41) is 10.5. The lowest BCUT2D eigenvalue weighted by atomic mass is 10.3. The summed E-state index contributed by atoms with van der Waals surface area (Å²) in [6, 6.07) is 5.41. The van der Waals surface area contributed by atoms with Crippen LogP contribution in [0.4, 0.5) is 11.4 Å². The molecule has 0 atom stereocenters. The zero-order valence-electron chi connectivity index (χ0n) is 11.1. The van der Waals surface area contributed by atoms with E-state index in [1.165, 1.54) is 31.3 Å². The van der Waals surface area contributed by atoms with Crippen molar-refractivity contribution in [3.05, 3.63) is 34.4 Å². The number of anilines is 1. The molecule has 0 N–H and O–H groups in total. The number of non-ortho nitro benzene ring substituents is 1. The minimum atomic E-state index is -3.42. The molecule has 19 heavy (non-hydrogen) atoms. The monoisotopic (exact) mass is 287 g/mol. The minimum absolute atomic E-state index is 0.00646. The highest BCUT2D eigenvalue weighted by molar-refractivity contribution is 7.92. The topological polar surface area (TPSA) is 83.8 Å². The van der Waals surface area contributed by atoms with Crippen molar-refractivity contribution in [1.82, 2.24) is 4.90 Å². The summed E-state index contributed by atoms with van der Waals surface area (Å²) < 4.78 is 25.2. The van der Waals surface area contributed by atoms with Crippen molar-refractivity contribution >= 4 is 21.4 Å². The average molecular weight is 287 g/mol. The van der Waals surface area contributed by atoms with Gasteiger partial charge < -0.3 is 4.90 Å². The van der Waals surface area contributed by atoms with Crippen LogP contribution in [0.1, 0.15) is 0 Å². The smallest absolute Gasteiger partial charge is 0.269 e. The molecule has 0 aliphatic carbocycles. The summed E-state index contributed by atoms with van der Waals surface area (Å²) in [6.45, 7) is 0.416. The van der Waals surface area contributed by atoms with E-state index in [-0.39, 0.29) is 11.4 Å². The van der Waals surface area contributed by atoms with Gasteiger partial charge in [0.25, 0.3) is 5.69 Å². The zero-order valence-corrected chi connectivity index (χ0v) is 11.9. The first-order valence-electron chi connectivity index (χ1n) is 5.60. The molecule has 0 radical (unpaired) electrons. The van der Waals surface area contributed by atoms with E-state index in [4.69, 9.17) is 0 Å². The van der Waals surface area contributed by atoms with Crippen LogP contribution in [0.5, 0.6) is 0 Å². The Bertz CT molecular complexity index is 540. The van der Waals surface area contributed by atoms with Crippen molar-refractivity contribution in [2.45, 2.75) is 0 Å². The predicted molar refractivity (Wildman–Crippen MR) is 73.8 cm³/mol. The molecule has 0 unspecified atom stereocenters. The first-order chi connectivity index (χ1) is 8.74. The van der Waals surface area contributed by atoms with Gasteiger partial charge in [0, 0.05) is 25.7 Å². The maximum atomic E-state index is 12.0. The first-order valence-corrected chi connectivity index (χ1v) is 7.21. The Hall–Kier alpha value is -1.67. The number of benzene rings is 1. The van der Waals surface area contributed by atoms with Gasteiger partial charge in [-0.05, 0) is 26.2 Å². The Morgan fingerprint density at radius 1 is 1.16 bits per heavy atom. The zero-order chi connectivity index (χ0) is 14.6. The largest absolute Gasteiger partial charge is 0.308 e. The molecule has 7 nitrogen and oxygen atoms in total. The molecule has 0 aromatic heterocycles. The van der Waals surface area contributed by atoms with Crippen molar-refractivity contribution in [3.63, 3.8) is 0 Å². The first kappa shape index (κ1) is 15.4. The normalized spacial score (nSPS) is 11.6. The molecule has 8 heteroatoms. The fourth-order valence-corrected chi connectivity index (χ4v) is 2.69. The number of nitro groups is 1. The number of hydrogen-bond donors (Lipinski definition) is 0. The summed E-state index contributed by atoms with van der Waals surface area (Å²) in [5.41, 5.74) is 0.340. The van der Waals surface area contributed by atoms with Crippen LogP contribution in [0.2, 0.25) is 0 Å². The highest BCUT2D eigenvalue weighted by Gasteiger charge is 2.19. The van der Waals surface area contributed by atoms with Crippen LogP contribution in [0.15, 0.2) is 24.3 Å². The van der Waals surface area contributed by atoms with Gasteiger partial charge in [0.1, 0.15) is 0 Å². The Morgan fingerprint density at radius 3 is 2.11 bits per heavy atom. The Labute approximate surface area is 112 Å². The van der Waals surface area contributed by atoms with E-state index in [2.05, 4.69) is 0 Å². The highest BCUT2D eigenvalue weighted by atomic mass is 32.2.